The maximum Gasteiger partial charge on any atom is 0.325 e. The van der Waals surface area contributed by atoms with Gasteiger partial charge in [0.2, 0.25) is 6.79 Å². The molecule has 7 nitrogen and oxygen atoms in total. The van der Waals surface area contributed by atoms with Crippen molar-refractivity contribution in [2.75, 3.05) is 6.79 Å². The number of hydrogen-bond donors (Lipinski definition) is 1. The number of fused-ring (bicyclic) bond motifs is 2. The van der Waals surface area contributed by atoms with E-state index in [0.717, 1.165) is 0 Å². The summed E-state index contributed by atoms with van der Waals surface area (Å²) >= 11 is 0. The minimum Gasteiger partial charge on any atom is -0.480 e. The molecule has 0 unspecified atom stereocenters. The van der Waals surface area contributed by atoms with Gasteiger partial charge in [0.1, 0.15) is 12.1 Å². The highest BCUT2D eigenvalue weighted by Gasteiger charge is 2.17. The van der Waals surface area contributed by atoms with Crippen LogP contribution in [0.5, 0.6) is 11.5 Å². The van der Waals surface area contributed by atoms with E-state index in [1.54, 1.807) is 12.1 Å². The number of carboxylic acid groups (broad SMARTS) is 1. The third-order valence-electron chi connectivity index (χ3n) is 2.29. The fourth-order valence-electron chi connectivity index (χ4n) is 1.60. The van der Waals surface area contributed by atoms with Gasteiger partial charge >= 0.3 is 5.97 Å². The fourth-order valence-corrected chi connectivity index (χ4v) is 1.60. The average molecular weight is 221 g/mol. The number of carbonyl (C=O) groups is 1. The van der Waals surface area contributed by atoms with E-state index in [1.807, 2.05) is 0 Å². The second-order valence-electron chi connectivity index (χ2n) is 3.34. The lowest BCUT2D eigenvalue weighted by atomic mass is 10.2. The number of ether oxygens (including phenoxy) is 2. The van der Waals surface area contributed by atoms with Gasteiger partial charge in [-0.3, -0.25) is 4.79 Å². The molecule has 1 aromatic carbocycles. The smallest absolute Gasteiger partial charge is 0.325 e. The van der Waals surface area contributed by atoms with Gasteiger partial charge in [-0.05, 0) is 0 Å². The molecule has 82 valence electrons. The highest BCUT2D eigenvalue weighted by molar-refractivity contribution is 5.80. The number of benzene rings is 1. The van der Waals surface area contributed by atoms with Gasteiger partial charge in [0.15, 0.2) is 11.5 Å². The maximum absolute atomic E-state index is 10.6. The number of carboxylic acids is 1. The molecule has 3 rings (SSSR count). The van der Waals surface area contributed by atoms with Crippen LogP contribution in [0.1, 0.15) is 0 Å². The predicted octanol–water partition coefficient (Wildman–Crippen LogP) is 0.245. The molecule has 7 heteroatoms. The standard InChI is InChI=1S/C9H7N3O4/c13-9(14)3-12-6-2-8-7(15-4-16-8)1-5(6)10-11-12/h1-2H,3-4H2,(H,13,14). The lowest BCUT2D eigenvalue weighted by Gasteiger charge is -1.98. The second-order valence-corrected chi connectivity index (χ2v) is 3.34. The van der Waals surface area contributed by atoms with E-state index in [0.29, 0.717) is 22.5 Å². The minimum absolute atomic E-state index is 0.175. The van der Waals surface area contributed by atoms with Crippen LogP contribution in [0.25, 0.3) is 11.0 Å². The summed E-state index contributed by atoms with van der Waals surface area (Å²) < 4.78 is 11.7. The van der Waals surface area contributed by atoms with Crippen molar-refractivity contribution in [2.45, 2.75) is 6.54 Å². The van der Waals surface area contributed by atoms with Gasteiger partial charge in [0, 0.05) is 12.1 Å². The molecule has 0 spiro atoms. The Balaban J connectivity index is 2.15. The average Bonchev–Trinajstić information content (AvgIpc) is 2.81. The van der Waals surface area contributed by atoms with Crippen molar-refractivity contribution < 1.29 is 19.4 Å². The van der Waals surface area contributed by atoms with E-state index in [2.05, 4.69) is 10.3 Å². The van der Waals surface area contributed by atoms with Gasteiger partial charge in [-0.15, -0.1) is 5.10 Å². The van der Waals surface area contributed by atoms with Crippen LogP contribution in [0, 0.1) is 0 Å². The van der Waals surface area contributed by atoms with Crippen LogP contribution in [0.3, 0.4) is 0 Å². The van der Waals surface area contributed by atoms with Crippen LogP contribution in [-0.4, -0.2) is 32.9 Å². The Hall–Kier alpha value is -2.31. The number of rotatable bonds is 2. The molecule has 1 aliphatic rings. The molecule has 0 saturated carbocycles. The molecule has 2 aromatic rings. The highest BCUT2D eigenvalue weighted by atomic mass is 16.7. The maximum atomic E-state index is 10.6. The summed E-state index contributed by atoms with van der Waals surface area (Å²) in [5.74, 6) is 0.223. The Kier molecular flexibility index (Phi) is 1.73. The van der Waals surface area contributed by atoms with Crippen LogP contribution in [0.15, 0.2) is 12.1 Å². The van der Waals surface area contributed by atoms with E-state index in [1.165, 1.54) is 4.68 Å². The van der Waals surface area contributed by atoms with Crippen molar-refractivity contribution >= 4 is 17.0 Å². The van der Waals surface area contributed by atoms with E-state index in [4.69, 9.17) is 14.6 Å². The molecular formula is C9H7N3O4. The van der Waals surface area contributed by atoms with E-state index in [9.17, 15) is 4.79 Å². The summed E-state index contributed by atoms with van der Waals surface area (Å²) in [6, 6.07) is 3.36. The third kappa shape index (κ3) is 1.25. The summed E-state index contributed by atoms with van der Waals surface area (Å²) in [7, 11) is 0. The van der Waals surface area contributed by atoms with Gasteiger partial charge in [-0.25, -0.2) is 4.68 Å². The topological polar surface area (TPSA) is 86.5 Å². The molecule has 2 heterocycles. The predicted molar refractivity (Wildman–Crippen MR) is 51.3 cm³/mol. The van der Waals surface area contributed by atoms with Crippen LogP contribution >= 0.6 is 0 Å². The van der Waals surface area contributed by atoms with Crippen molar-refractivity contribution in [2.24, 2.45) is 0 Å². The zero-order chi connectivity index (χ0) is 11.1. The monoisotopic (exact) mass is 221 g/mol. The van der Waals surface area contributed by atoms with Crippen LogP contribution in [-0.2, 0) is 11.3 Å². The molecule has 16 heavy (non-hydrogen) atoms. The first-order valence-corrected chi connectivity index (χ1v) is 4.59. The Morgan fingerprint density at radius 2 is 2.19 bits per heavy atom. The van der Waals surface area contributed by atoms with Gasteiger partial charge < -0.3 is 14.6 Å². The summed E-state index contributed by atoms with van der Waals surface area (Å²) in [6.07, 6.45) is 0. The normalized spacial score (nSPS) is 13.2. The van der Waals surface area contributed by atoms with Gasteiger partial charge in [0.05, 0.1) is 5.52 Å². The molecule has 1 aliphatic heterocycles. The summed E-state index contributed by atoms with van der Waals surface area (Å²) in [5, 5.41) is 16.3. The van der Waals surface area contributed by atoms with E-state index in [-0.39, 0.29) is 13.3 Å². The van der Waals surface area contributed by atoms with Gasteiger partial charge in [0.25, 0.3) is 0 Å². The summed E-state index contributed by atoms with van der Waals surface area (Å²) in [5.41, 5.74) is 1.21. The summed E-state index contributed by atoms with van der Waals surface area (Å²) in [6.45, 7) is -0.0511. The first kappa shape index (κ1) is 8.96. The van der Waals surface area contributed by atoms with Crippen LogP contribution < -0.4 is 9.47 Å². The van der Waals surface area contributed by atoms with Crippen molar-refractivity contribution in [3.63, 3.8) is 0 Å². The van der Waals surface area contributed by atoms with Crippen molar-refractivity contribution in [1.82, 2.24) is 15.0 Å². The fraction of sp³-hybridized carbons (Fsp3) is 0.222. The minimum atomic E-state index is -0.968. The largest absolute Gasteiger partial charge is 0.480 e. The first-order chi connectivity index (χ1) is 7.74. The molecular weight excluding hydrogens is 214 g/mol. The van der Waals surface area contributed by atoms with Crippen molar-refractivity contribution in [1.29, 1.82) is 0 Å². The van der Waals surface area contributed by atoms with Crippen LogP contribution in [0.4, 0.5) is 0 Å². The Bertz CT molecular complexity index is 577. The number of aromatic nitrogens is 3. The molecule has 1 aromatic heterocycles. The number of nitrogens with zero attached hydrogens (tertiary/aromatic N) is 3. The van der Waals surface area contributed by atoms with Crippen molar-refractivity contribution in [3.05, 3.63) is 12.1 Å². The van der Waals surface area contributed by atoms with E-state index >= 15 is 0 Å². The van der Waals surface area contributed by atoms with Gasteiger partial charge in [-0.1, -0.05) is 5.21 Å². The zero-order valence-corrected chi connectivity index (χ0v) is 8.08. The molecule has 0 bridgehead atoms. The lowest BCUT2D eigenvalue weighted by Crippen LogP contribution is -2.09. The molecule has 0 amide bonds. The van der Waals surface area contributed by atoms with Gasteiger partial charge in [-0.2, -0.15) is 0 Å². The number of aliphatic carboxylic acids is 1. The van der Waals surface area contributed by atoms with Crippen molar-refractivity contribution in [3.8, 4) is 11.5 Å². The SMILES string of the molecule is O=C(O)Cn1nnc2cc3c(cc21)OCO3. The highest BCUT2D eigenvalue weighted by Crippen LogP contribution is 2.35. The molecule has 1 N–H and O–H groups in total. The molecule has 0 radical (unpaired) electrons. The van der Waals surface area contributed by atoms with Crippen LogP contribution in [0.2, 0.25) is 0 Å². The molecule has 0 atom stereocenters. The Morgan fingerprint density at radius 1 is 1.44 bits per heavy atom. The Morgan fingerprint density at radius 3 is 2.94 bits per heavy atom. The zero-order valence-electron chi connectivity index (χ0n) is 8.08. The summed E-state index contributed by atoms with van der Waals surface area (Å²) in [4.78, 5) is 10.6. The molecule has 0 aliphatic carbocycles. The third-order valence-corrected chi connectivity index (χ3v) is 2.29. The first-order valence-electron chi connectivity index (χ1n) is 4.59. The number of hydrogen-bond acceptors (Lipinski definition) is 5. The lowest BCUT2D eigenvalue weighted by molar-refractivity contribution is -0.137. The van der Waals surface area contributed by atoms with E-state index < -0.39 is 5.97 Å². The Labute approximate surface area is 89.2 Å². The quantitative estimate of drug-likeness (QED) is 0.781. The molecule has 0 fully saturated rings. The molecule has 0 saturated heterocycles. The second kappa shape index (κ2) is 3.09.